The van der Waals surface area contributed by atoms with Crippen LogP contribution in [-0.2, 0) is 9.53 Å². The molecule has 0 bridgehead atoms. The summed E-state index contributed by atoms with van der Waals surface area (Å²) in [5, 5.41) is 8.70. The summed E-state index contributed by atoms with van der Waals surface area (Å²) in [5.41, 5.74) is -0.320. The van der Waals surface area contributed by atoms with E-state index in [0.29, 0.717) is 5.76 Å². The van der Waals surface area contributed by atoms with Gasteiger partial charge < -0.3 is 14.6 Å². The van der Waals surface area contributed by atoms with Crippen molar-refractivity contribution < 1.29 is 14.6 Å². The van der Waals surface area contributed by atoms with Crippen molar-refractivity contribution in [1.29, 1.82) is 0 Å². The zero-order chi connectivity index (χ0) is 8.06. The van der Waals surface area contributed by atoms with Crippen molar-refractivity contribution in [3.63, 3.8) is 0 Å². The van der Waals surface area contributed by atoms with Crippen LogP contribution < -0.4 is 0 Å². The highest BCUT2D eigenvalue weighted by Gasteiger charge is 2.66. The van der Waals surface area contributed by atoms with E-state index in [1.165, 1.54) is 0 Å². The highest BCUT2D eigenvalue weighted by atomic mass is 16.5. The first-order valence-corrected chi connectivity index (χ1v) is 3.68. The molecule has 1 aliphatic heterocycles. The summed E-state index contributed by atoms with van der Waals surface area (Å²) in [6.45, 7) is 1.84. The first kappa shape index (κ1) is 6.85. The second-order valence-corrected chi connectivity index (χ2v) is 3.26. The van der Waals surface area contributed by atoms with E-state index in [1.54, 1.807) is 0 Å². The lowest BCUT2D eigenvalue weighted by atomic mass is 10.3. The molecule has 0 aromatic carbocycles. The third-order valence-corrected chi connectivity index (χ3v) is 2.62. The number of aliphatic hydroxyl groups is 1. The molecule has 3 nitrogen and oxygen atoms in total. The summed E-state index contributed by atoms with van der Waals surface area (Å²) in [5.74, 6) is 0.829. The molecule has 0 aromatic heterocycles. The van der Waals surface area contributed by atoms with Crippen molar-refractivity contribution in [1.82, 2.24) is 0 Å². The first-order chi connectivity index (χ1) is 5.22. The Balaban J connectivity index is 2.15. The molecule has 2 aliphatic rings. The largest absolute Gasteiger partial charge is 0.488 e. The Hall–Kier alpha value is -0.830. The fourth-order valence-electron chi connectivity index (χ4n) is 1.78. The molecule has 1 aliphatic carbocycles. The zero-order valence-corrected chi connectivity index (χ0v) is 6.28. The Morgan fingerprint density at radius 3 is 3.00 bits per heavy atom. The van der Waals surface area contributed by atoms with Gasteiger partial charge in [0, 0.05) is 5.92 Å². The van der Waals surface area contributed by atoms with Gasteiger partial charge in [0.25, 0.3) is 0 Å². The van der Waals surface area contributed by atoms with E-state index in [1.807, 2.05) is 13.0 Å². The molecule has 0 amide bonds. The van der Waals surface area contributed by atoms with Gasteiger partial charge in [0.05, 0.1) is 5.92 Å². The highest BCUT2D eigenvalue weighted by Crippen LogP contribution is 2.58. The van der Waals surface area contributed by atoms with Crippen LogP contribution in [0, 0.1) is 11.8 Å². The second kappa shape index (κ2) is 1.85. The van der Waals surface area contributed by atoms with Crippen LogP contribution in [0.25, 0.3) is 0 Å². The normalized spacial score (nSPS) is 45.8. The number of carbonyl (C=O) groups is 1. The molecular weight excluding hydrogens is 144 g/mol. The van der Waals surface area contributed by atoms with Crippen LogP contribution in [0.3, 0.4) is 0 Å². The van der Waals surface area contributed by atoms with Crippen molar-refractivity contribution in [3.8, 4) is 0 Å². The lowest BCUT2D eigenvalue weighted by molar-refractivity contribution is -0.110. The minimum atomic E-state index is -0.320. The fourth-order valence-corrected chi connectivity index (χ4v) is 1.78. The summed E-state index contributed by atoms with van der Waals surface area (Å²) < 4.78 is 5.36. The Morgan fingerprint density at radius 1 is 1.91 bits per heavy atom. The number of ether oxygens (including phenoxy) is 1. The maximum absolute atomic E-state index is 10.4. The quantitative estimate of drug-likeness (QED) is 0.573. The summed E-state index contributed by atoms with van der Waals surface area (Å²) in [7, 11) is 0. The molecule has 2 rings (SSSR count). The first-order valence-electron chi connectivity index (χ1n) is 3.68. The summed E-state index contributed by atoms with van der Waals surface area (Å²) in [6, 6.07) is 0. The van der Waals surface area contributed by atoms with E-state index in [-0.39, 0.29) is 24.0 Å². The molecule has 11 heavy (non-hydrogen) atoms. The van der Waals surface area contributed by atoms with Gasteiger partial charge in [-0.15, -0.1) is 0 Å². The maximum atomic E-state index is 10.4. The number of hydrogen-bond donors (Lipinski definition) is 1. The number of carbonyl (C=O) groups excluding carboxylic acids is 1. The van der Waals surface area contributed by atoms with Crippen molar-refractivity contribution in [2.75, 3.05) is 6.61 Å². The van der Waals surface area contributed by atoms with Crippen LogP contribution in [0.2, 0.25) is 0 Å². The van der Waals surface area contributed by atoms with E-state index in [4.69, 9.17) is 9.84 Å². The maximum Gasteiger partial charge on any atom is 0.127 e. The van der Waals surface area contributed by atoms with Crippen molar-refractivity contribution in [2.45, 2.75) is 12.5 Å². The number of aldehydes is 1. The minimum absolute atomic E-state index is 0.0119. The zero-order valence-electron chi connectivity index (χ0n) is 6.28. The monoisotopic (exact) mass is 154 g/mol. The highest BCUT2D eigenvalue weighted by molar-refractivity contribution is 5.65. The van der Waals surface area contributed by atoms with Gasteiger partial charge in [-0.05, 0) is 13.0 Å². The van der Waals surface area contributed by atoms with Crippen LogP contribution in [-0.4, -0.2) is 23.6 Å². The molecule has 3 unspecified atom stereocenters. The lowest BCUT2D eigenvalue weighted by Gasteiger charge is -2.10. The van der Waals surface area contributed by atoms with Gasteiger partial charge in [-0.25, -0.2) is 0 Å². The molecule has 3 atom stereocenters. The average molecular weight is 154 g/mol. The minimum Gasteiger partial charge on any atom is -0.488 e. The standard InChI is InChI=1S/C8H10O3/c1-8-6(7(8)4-10)2-5(3-9)11-8/h2,4,6-7,9H,3H2,1H3. The summed E-state index contributed by atoms with van der Waals surface area (Å²) in [4.78, 5) is 10.4. The Kier molecular flexibility index (Phi) is 1.16. The third kappa shape index (κ3) is 0.688. The van der Waals surface area contributed by atoms with Gasteiger partial charge >= 0.3 is 0 Å². The lowest BCUT2D eigenvalue weighted by Crippen LogP contribution is -2.12. The van der Waals surface area contributed by atoms with E-state index in [0.717, 1.165) is 6.29 Å². The molecular formula is C8H10O3. The molecule has 3 heteroatoms. The molecule has 1 fully saturated rings. The Bertz CT molecular complexity index is 233. The average Bonchev–Trinajstić information content (AvgIpc) is 2.36. The molecule has 0 aromatic rings. The van der Waals surface area contributed by atoms with Crippen molar-refractivity contribution >= 4 is 6.29 Å². The van der Waals surface area contributed by atoms with E-state index in [2.05, 4.69) is 0 Å². The molecule has 1 heterocycles. The van der Waals surface area contributed by atoms with Gasteiger partial charge in [-0.3, -0.25) is 0 Å². The predicted octanol–water partition coefficient (Wildman–Crippen LogP) is 0.0964. The van der Waals surface area contributed by atoms with Crippen LogP contribution in [0.4, 0.5) is 0 Å². The molecule has 0 spiro atoms. The number of fused-ring (bicyclic) bond motifs is 1. The van der Waals surface area contributed by atoms with Gasteiger partial charge in [-0.1, -0.05) is 0 Å². The summed E-state index contributed by atoms with van der Waals surface area (Å²) in [6.07, 6.45) is 2.77. The Labute approximate surface area is 64.7 Å². The fraction of sp³-hybridized carbons (Fsp3) is 0.625. The van der Waals surface area contributed by atoms with Crippen LogP contribution in [0.15, 0.2) is 11.8 Å². The van der Waals surface area contributed by atoms with Crippen molar-refractivity contribution in [3.05, 3.63) is 11.8 Å². The van der Waals surface area contributed by atoms with Gasteiger partial charge in [0.2, 0.25) is 0 Å². The van der Waals surface area contributed by atoms with Crippen LogP contribution in [0.5, 0.6) is 0 Å². The van der Waals surface area contributed by atoms with Gasteiger partial charge in [0.1, 0.15) is 24.3 Å². The smallest absolute Gasteiger partial charge is 0.127 e. The molecule has 0 saturated heterocycles. The van der Waals surface area contributed by atoms with Gasteiger partial charge in [0.15, 0.2) is 0 Å². The van der Waals surface area contributed by atoms with Gasteiger partial charge in [-0.2, -0.15) is 0 Å². The molecule has 60 valence electrons. The van der Waals surface area contributed by atoms with E-state index >= 15 is 0 Å². The number of rotatable bonds is 2. The topological polar surface area (TPSA) is 46.5 Å². The number of aliphatic hydroxyl groups excluding tert-OH is 1. The Morgan fingerprint density at radius 2 is 2.64 bits per heavy atom. The third-order valence-electron chi connectivity index (χ3n) is 2.62. The van der Waals surface area contributed by atoms with Crippen LogP contribution in [0.1, 0.15) is 6.92 Å². The SMILES string of the molecule is CC12OC(CO)=CC1C2C=O. The molecule has 0 radical (unpaired) electrons. The van der Waals surface area contributed by atoms with E-state index in [9.17, 15) is 4.79 Å². The van der Waals surface area contributed by atoms with Crippen LogP contribution >= 0.6 is 0 Å². The predicted molar refractivity (Wildman–Crippen MR) is 37.7 cm³/mol. The van der Waals surface area contributed by atoms with Crippen molar-refractivity contribution in [2.24, 2.45) is 11.8 Å². The molecule has 1 saturated carbocycles. The molecule has 1 N–H and O–H groups in total. The summed E-state index contributed by atoms with van der Waals surface area (Å²) >= 11 is 0. The second-order valence-electron chi connectivity index (χ2n) is 3.26. The van der Waals surface area contributed by atoms with E-state index < -0.39 is 0 Å². The number of hydrogen-bond acceptors (Lipinski definition) is 3.